The number of carbonyl (C=O) groups excluding carboxylic acids is 1. The number of amides is 1. The number of benzene rings is 1. The molecule has 0 bridgehead atoms. The standard InChI is InChI=1S/C24H26N6O2/c31-23(20-11-6-16-32-20)28-12-14-29(15-13-28)24-25-19-10-5-4-9-18(19)22-27-26-21(30(22)24)17-7-2-1-3-8-17/h4-6,9-11,16-17H,1-3,7-8,12-15H2. The third-order valence-electron chi connectivity index (χ3n) is 6.81. The Hall–Kier alpha value is -3.42. The van der Waals surface area contributed by atoms with Gasteiger partial charge in [-0.25, -0.2) is 9.38 Å². The highest BCUT2D eigenvalue weighted by molar-refractivity contribution is 5.93. The van der Waals surface area contributed by atoms with Crippen LogP contribution in [0.1, 0.15) is 54.4 Å². The second-order valence-corrected chi connectivity index (χ2v) is 8.74. The number of fused-ring (bicyclic) bond motifs is 3. The van der Waals surface area contributed by atoms with Gasteiger partial charge in [-0.1, -0.05) is 31.4 Å². The van der Waals surface area contributed by atoms with Crippen LogP contribution in [0, 0.1) is 0 Å². The molecule has 2 aliphatic rings. The first-order valence-electron chi connectivity index (χ1n) is 11.5. The normalized spacial score (nSPS) is 18.0. The third-order valence-corrected chi connectivity index (χ3v) is 6.81. The van der Waals surface area contributed by atoms with E-state index < -0.39 is 0 Å². The van der Waals surface area contributed by atoms with Crippen molar-refractivity contribution in [1.29, 1.82) is 0 Å². The first kappa shape index (κ1) is 19.3. The fraction of sp³-hybridized carbons (Fsp3) is 0.417. The molecule has 0 unspecified atom stereocenters. The fourth-order valence-corrected chi connectivity index (χ4v) is 5.09. The summed E-state index contributed by atoms with van der Waals surface area (Å²) in [6.07, 6.45) is 7.62. The van der Waals surface area contributed by atoms with Gasteiger partial charge in [0.05, 0.1) is 11.8 Å². The molecule has 1 amide bonds. The third kappa shape index (κ3) is 3.21. The van der Waals surface area contributed by atoms with E-state index in [9.17, 15) is 4.79 Å². The molecule has 164 valence electrons. The van der Waals surface area contributed by atoms with E-state index in [0.29, 0.717) is 37.9 Å². The van der Waals surface area contributed by atoms with Gasteiger partial charge in [-0.3, -0.25) is 4.79 Å². The molecule has 1 saturated heterocycles. The Bertz CT molecular complexity index is 1250. The molecule has 0 radical (unpaired) electrons. The quantitative estimate of drug-likeness (QED) is 0.491. The van der Waals surface area contributed by atoms with Crippen LogP contribution in [0.4, 0.5) is 5.95 Å². The Morgan fingerprint density at radius 2 is 1.75 bits per heavy atom. The van der Waals surface area contributed by atoms with Gasteiger partial charge in [0.1, 0.15) is 5.82 Å². The zero-order chi connectivity index (χ0) is 21.5. The monoisotopic (exact) mass is 430 g/mol. The molecular weight excluding hydrogens is 404 g/mol. The number of furan rings is 1. The summed E-state index contributed by atoms with van der Waals surface area (Å²) in [4.78, 5) is 21.9. The van der Waals surface area contributed by atoms with E-state index in [1.54, 1.807) is 12.1 Å². The van der Waals surface area contributed by atoms with Crippen molar-refractivity contribution in [3.8, 4) is 0 Å². The van der Waals surface area contributed by atoms with Crippen LogP contribution in [-0.2, 0) is 0 Å². The summed E-state index contributed by atoms with van der Waals surface area (Å²) in [6.45, 7) is 2.65. The number of hydrogen-bond donors (Lipinski definition) is 0. The molecule has 2 fully saturated rings. The van der Waals surface area contributed by atoms with Crippen molar-refractivity contribution in [2.45, 2.75) is 38.0 Å². The van der Waals surface area contributed by atoms with Crippen molar-refractivity contribution in [1.82, 2.24) is 24.5 Å². The first-order valence-corrected chi connectivity index (χ1v) is 11.5. The summed E-state index contributed by atoms with van der Waals surface area (Å²) in [7, 11) is 0. The van der Waals surface area contributed by atoms with Crippen LogP contribution in [0.15, 0.2) is 47.1 Å². The second kappa shape index (κ2) is 7.93. The molecule has 1 aliphatic carbocycles. The fourth-order valence-electron chi connectivity index (χ4n) is 5.09. The van der Waals surface area contributed by atoms with E-state index in [2.05, 4.69) is 25.6 Å². The van der Waals surface area contributed by atoms with Crippen LogP contribution in [0.5, 0.6) is 0 Å². The highest BCUT2D eigenvalue weighted by atomic mass is 16.3. The van der Waals surface area contributed by atoms with Crippen LogP contribution >= 0.6 is 0 Å². The van der Waals surface area contributed by atoms with E-state index in [-0.39, 0.29) is 5.91 Å². The summed E-state index contributed by atoms with van der Waals surface area (Å²) in [6, 6.07) is 11.6. The molecule has 1 saturated carbocycles. The van der Waals surface area contributed by atoms with Crippen LogP contribution in [0.3, 0.4) is 0 Å². The molecular formula is C24H26N6O2. The summed E-state index contributed by atoms with van der Waals surface area (Å²) < 4.78 is 7.48. The Morgan fingerprint density at radius 3 is 2.53 bits per heavy atom. The molecule has 3 aromatic heterocycles. The van der Waals surface area contributed by atoms with Crippen molar-refractivity contribution in [2.75, 3.05) is 31.1 Å². The van der Waals surface area contributed by atoms with Gasteiger partial charge in [0, 0.05) is 37.5 Å². The molecule has 0 N–H and O–H groups in total. The maximum Gasteiger partial charge on any atom is 0.289 e. The topological polar surface area (TPSA) is 79.8 Å². The predicted octanol–water partition coefficient (Wildman–Crippen LogP) is 3.88. The van der Waals surface area contributed by atoms with E-state index in [1.165, 1.54) is 25.5 Å². The number of aromatic nitrogens is 4. The van der Waals surface area contributed by atoms with E-state index >= 15 is 0 Å². The maximum absolute atomic E-state index is 12.7. The van der Waals surface area contributed by atoms with Crippen LogP contribution in [0.25, 0.3) is 16.6 Å². The zero-order valence-electron chi connectivity index (χ0n) is 18.0. The Morgan fingerprint density at radius 1 is 0.938 bits per heavy atom. The number of anilines is 1. The molecule has 32 heavy (non-hydrogen) atoms. The lowest BCUT2D eigenvalue weighted by molar-refractivity contribution is 0.0714. The molecule has 0 spiro atoms. The summed E-state index contributed by atoms with van der Waals surface area (Å²) in [5.41, 5.74) is 1.80. The average molecular weight is 431 g/mol. The van der Waals surface area contributed by atoms with Crippen molar-refractivity contribution in [3.05, 3.63) is 54.2 Å². The van der Waals surface area contributed by atoms with Crippen LogP contribution < -0.4 is 4.90 Å². The van der Waals surface area contributed by atoms with Crippen LogP contribution in [0.2, 0.25) is 0 Å². The van der Waals surface area contributed by atoms with Crippen molar-refractivity contribution in [2.24, 2.45) is 0 Å². The number of carbonyl (C=O) groups is 1. The molecule has 1 aliphatic heterocycles. The Labute approximate surface area is 185 Å². The minimum Gasteiger partial charge on any atom is -0.459 e. The number of para-hydroxylation sites is 1. The number of hydrogen-bond acceptors (Lipinski definition) is 6. The average Bonchev–Trinajstić information content (AvgIpc) is 3.55. The number of rotatable bonds is 3. The van der Waals surface area contributed by atoms with Gasteiger partial charge >= 0.3 is 0 Å². The van der Waals surface area contributed by atoms with E-state index in [0.717, 1.165) is 41.2 Å². The predicted molar refractivity (Wildman–Crippen MR) is 121 cm³/mol. The first-order chi connectivity index (χ1) is 15.8. The molecule has 1 aromatic carbocycles. The van der Waals surface area contributed by atoms with Gasteiger partial charge in [-0.2, -0.15) is 0 Å². The van der Waals surface area contributed by atoms with Crippen molar-refractivity contribution >= 4 is 28.4 Å². The second-order valence-electron chi connectivity index (χ2n) is 8.74. The van der Waals surface area contributed by atoms with Crippen LogP contribution in [-0.4, -0.2) is 56.6 Å². The smallest absolute Gasteiger partial charge is 0.289 e. The van der Waals surface area contributed by atoms with Gasteiger partial charge in [-0.15, -0.1) is 10.2 Å². The lowest BCUT2D eigenvalue weighted by Gasteiger charge is -2.35. The summed E-state index contributed by atoms with van der Waals surface area (Å²) in [5.74, 6) is 2.67. The van der Waals surface area contributed by atoms with Gasteiger partial charge in [0.25, 0.3) is 5.91 Å². The number of piperazine rings is 1. The van der Waals surface area contributed by atoms with E-state index in [4.69, 9.17) is 9.40 Å². The zero-order valence-corrected chi connectivity index (χ0v) is 18.0. The minimum absolute atomic E-state index is 0.0570. The summed E-state index contributed by atoms with van der Waals surface area (Å²) in [5, 5.41) is 10.3. The van der Waals surface area contributed by atoms with Gasteiger partial charge in [-0.05, 0) is 37.1 Å². The Balaban J connectivity index is 1.37. The van der Waals surface area contributed by atoms with E-state index in [1.807, 2.05) is 23.1 Å². The number of nitrogens with zero attached hydrogens (tertiary/aromatic N) is 6. The maximum atomic E-state index is 12.7. The van der Waals surface area contributed by atoms with Crippen molar-refractivity contribution < 1.29 is 9.21 Å². The molecule has 6 rings (SSSR count). The van der Waals surface area contributed by atoms with Gasteiger partial charge in [0.15, 0.2) is 11.4 Å². The molecule has 4 heterocycles. The minimum atomic E-state index is -0.0570. The largest absolute Gasteiger partial charge is 0.459 e. The van der Waals surface area contributed by atoms with Gasteiger partial charge < -0.3 is 14.2 Å². The molecule has 0 atom stereocenters. The van der Waals surface area contributed by atoms with Crippen molar-refractivity contribution in [3.63, 3.8) is 0 Å². The molecule has 8 nitrogen and oxygen atoms in total. The molecule has 8 heteroatoms. The summed E-state index contributed by atoms with van der Waals surface area (Å²) >= 11 is 0. The lowest BCUT2D eigenvalue weighted by atomic mass is 9.89. The highest BCUT2D eigenvalue weighted by Crippen LogP contribution is 2.34. The van der Waals surface area contributed by atoms with Gasteiger partial charge in [0.2, 0.25) is 5.95 Å². The SMILES string of the molecule is O=C(c1ccco1)N1CCN(c2nc3ccccc3c3nnc(C4CCCCC4)n23)CC1. The lowest BCUT2D eigenvalue weighted by Crippen LogP contribution is -2.49. The Kier molecular flexibility index (Phi) is 4.78. The highest BCUT2D eigenvalue weighted by Gasteiger charge is 2.29. The molecule has 4 aromatic rings.